The summed E-state index contributed by atoms with van der Waals surface area (Å²) in [5.74, 6) is 0.711. The van der Waals surface area contributed by atoms with Crippen LogP contribution in [0, 0.1) is 5.41 Å². The molecule has 7 rings (SSSR count). The van der Waals surface area contributed by atoms with E-state index in [1.165, 1.54) is 11.6 Å². The molecule has 8 heteroatoms. The van der Waals surface area contributed by atoms with Crippen LogP contribution in [0.25, 0.3) is 56.2 Å². The van der Waals surface area contributed by atoms with E-state index in [1.807, 2.05) is 78.9 Å². The lowest BCUT2D eigenvalue weighted by Gasteiger charge is -2.11. The lowest BCUT2D eigenvalue weighted by Crippen LogP contribution is -2.15. The smallest absolute Gasteiger partial charge is 0.231 e. The minimum Gasteiger partial charge on any atom is -0.314 e. The number of nitrogens with zero attached hydrogens (tertiary/aromatic N) is 4. The van der Waals surface area contributed by atoms with Gasteiger partial charge in [-0.15, -0.1) is 0 Å². The van der Waals surface area contributed by atoms with Gasteiger partial charge in [-0.05, 0) is 28.3 Å². The van der Waals surface area contributed by atoms with Gasteiger partial charge in [0, 0.05) is 28.3 Å². The van der Waals surface area contributed by atoms with Crippen LogP contribution in [0.1, 0.15) is 5.56 Å². The highest BCUT2D eigenvalue weighted by Crippen LogP contribution is 2.30. The zero-order valence-corrected chi connectivity index (χ0v) is 26.4. The third-order valence-electron chi connectivity index (χ3n) is 7.63. The van der Waals surface area contributed by atoms with Gasteiger partial charge in [0.1, 0.15) is 10.3 Å². The molecule has 47 heavy (non-hydrogen) atoms. The van der Waals surface area contributed by atoms with E-state index >= 15 is 0 Å². The molecule has 7 aromatic rings. The largest absolute Gasteiger partial charge is 0.314 e. The van der Waals surface area contributed by atoms with Gasteiger partial charge in [-0.3, -0.25) is 5.41 Å². The molecule has 0 aliphatic heterocycles. The highest BCUT2D eigenvalue weighted by Gasteiger charge is 2.12. The fraction of sp³-hybridized carbons (Fsp3) is 0. The van der Waals surface area contributed by atoms with Gasteiger partial charge in [-0.1, -0.05) is 157 Å². The summed E-state index contributed by atoms with van der Waals surface area (Å²) in [4.78, 5) is 21.0. The molecular weight excluding hydrogens is 623 g/mol. The van der Waals surface area contributed by atoms with Crippen molar-refractivity contribution in [2.75, 3.05) is 0 Å². The molecule has 0 fully saturated rings. The Hall–Kier alpha value is -5.69. The standard InChI is InChI=1S/C39H26Cl2N6/c40-35-24-36(41)46-39(45-35)47-37(42)31-21-15-28(16-22-31)27-13-19-30(20-14-27)34-23-33(43-38(44-34)32-9-5-2-6-10-32)29-17-11-26(12-18-29)25-7-3-1-4-8-25/h1-24H,(H2,42,45,46,47). The Kier molecular flexibility index (Phi) is 8.52. The van der Waals surface area contributed by atoms with Crippen molar-refractivity contribution in [2.24, 2.45) is 4.99 Å². The number of aromatic amines is 1. The SMILES string of the molecule is N=C(N=c1nc(Cl)cc(Cl)[nH]1)c1ccc(-c2ccc(-c3cc(-c4ccc(-c5ccccc5)cc4)nc(-c4ccccc4)n3)cc2)cc1. The summed E-state index contributed by atoms with van der Waals surface area (Å²) < 4.78 is 0. The number of rotatable bonds is 6. The topological polar surface area (TPSA) is 90.7 Å². The second-order valence-corrected chi connectivity index (χ2v) is 11.6. The molecule has 0 amide bonds. The number of hydrogen-bond donors (Lipinski definition) is 2. The van der Waals surface area contributed by atoms with Gasteiger partial charge in [-0.2, -0.15) is 4.99 Å². The van der Waals surface area contributed by atoms with Crippen LogP contribution in [0.2, 0.25) is 10.3 Å². The van der Waals surface area contributed by atoms with Crippen molar-refractivity contribution in [3.8, 4) is 56.2 Å². The third-order valence-corrected chi connectivity index (χ3v) is 8.02. The first kappa shape index (κ1) is 30.0. The minimum atomic E-state index is 0.0393. The number of amidine groups is 1. The number of hydrogen-bond acceptors (Lipinski definition) is 4. The minimum absolute atomic E-state index is 0.0393. The first-order chi connectivity index (χ1) is 23.0. The van der Waals surface area contributed by atoms with Gasteiger partial charge in [0.25, 0.3) is 0 Å². The van der Waals surface area contributed by atoms with Gasteiger partial charge >= 0.3 is 0 Å². The summed E-state index contributed by atoms with van der Waals surface area (Å²) in [5.41, 5.74) is 9.83. The van der Waals surface area contributed by atoms with E-state index in [0.717, 1.165) is 44.8 Å². The van der Waals surface area contributed by atoms with E-state index in [4.69, 9.17) is 38.6 Å². The molecule has 0 aliphatic carbocycles. The number of H-pyrrole nitrogens is 1. The van der Waals surface area contributed by atoms with Crippen molar-refractivity contribution < 1.29 is 0 Å². The van der Waals surface area contributed by atoms with Crippen LogP contribution in [0.5, 0.6) is 0 Å². The fourth-order valence-corrected chi connectivity index (χ4v) is 5.64. The zero-order valence-electron chi connectivity index (χ0n) is 24.9. The van der Waals surface area contributed by atoms with Crippen molar-refractivity contribution in [2.45, 2.75) is 0 Å². The molecule has 0 saturated heterocycles. The van der Waals surface area contributed by atoms with Crippen LogP contribution in [0.4, 0.5) is 0 Å². The van der Waals surface area contributed by atoms with Crippen LogP contribution in [-0.2, 0) is 0 Å². The molecule has 2 heterocycles. The molecule has 0 bridgehead atoms. The molecule has 0 spiro atoms. The van der Waals surface area contributed by atoms with Crippen molar-refractivity contribution in [3.05, 3.63) is 167 Å². The Balaban J connectivity index is 1.17. The quantitative estimate of drug-likeness (QED) is 0.107. The van der Waals surface area contributed by atoms with Crippen molar-refractivity contribution in [1.29, 1.82) is 5.41 Å². The van der Waals surface area contributed by atoms with Gasteiger partial charge in [-0.25, -0.2) is 15.0 Å². The number of aromatic nitrogens is 4. The summed E-state index contributed by atoms with van der Waals surface area (Å²) >= 11 is 12.0. The number of nitrogens with one attached hydrogen (secondary N) is 2. The van der Waals surface area contributed by atoms with Crippen molar-refractivity contribution >= 4 is 29.0 Å². The Morgan fingerprint density at radius 3 is 1.47 bits per heavy atom. The lowest BCUT2D eigenvalue weighted by molar-refractivity contribution is 1.02. The van der Waals surface area contributed by atoms with E-state index in [2.05, 4.69) is 75.6 Å². The second-order valence-electron chi connectivity index (χ2n) is 10.8. The average molecular weight is 650 g/mol. The van der Waals surface area contributed by atoms with Crippen LogP contribution in [-0.4, -0.2) is 25.8 Å². The van der Waals surface area contributed by atoms with Crippen molar-refractivity contribution in [1.82, 2.24) is 19.9 Å². The van der Waals surface area contributed by atoms with Gasteiger partial charge in [0.15, 0.2) is 11.7 Å². The molecule has 0 unspecified atom stereocenters. The van der Waals surface area contributed by atoms with E-state index < -0.39 is 0 Å². The summed E-state index contributed by atoms with van der Waals surface area (Å²) in [6.07, 6.45) is 0. The third kappa shape index (κ3) is 6.94. The summed E-state index contributed by atoms with van der Waals surface area (Å²) in [6, 6.07) is 48.3. The monoisotopic (exact) mass is 648 g/mol. The van der Waals surface area contributed by atoms with Crippen LogP contribution in [0.15, 0.2) is 151 Å². The predicted molar refractivity (Wildman–Crippen MR) is 190 cm³/mol. The number of benzene rings is 5. The Labute approximate surface area is 281 Å². The first-order valence-electron chi connectivity index (χ1n) is 14.9. The van der Waals surface area contributed by atoms with E-state index in [-0.39, 0.29) is 16.6 Å². The van der Waals surface area contributed by atoms with Crippen LogP contribution >= 0.6 is 23.2 Å². The molecule has 0 radical (unpaired) electrons. The maximum atomic E-state index is 8.39. The van der Waals surface area contributed by atoms with Gasteiger partial charge in [0.05, 0.1) is 11.4 Å². The highest BCUT2D eigenvalue weighted by molar-refractivity contribution is 6.33. The Morgan fingerprint density at radius 1 is 0.511 bits per heavy atom. The maximum absolute atomic E-state index is 8.39. The molecule has 0 atom stereocenters. The molecular formula is C39H26Cl2N6. The van der Waals surface area contributed by atoms with Gasteiger partial charge < -0.3 is 4.98 Å². The molecule has 5 aromatic carbocycles. The van der Waals surface area contributed by atoms with E-state index in [1.54, 1.807) is 0 Å². The zero-order chi connectivity index (χ0) is 32.2. The fourth-order valence-electron chi connectivity index (χ4n) is 5.21. The van der Waals surface area contributed by atoms with E-state index in [0.29, 0.717) is 16.5 Å². The van der Waals surface area contributed by atoms with E-state index in [9.17, 15) is 0 Å². The first-order valence-corrected chi connectivity index (χ1v) is 15.6. The normalized spacial score (nSPS) is 11.4. The summed E-state index contributed by atoms with van der Waals surface area (Å²) in [7, 11) is 0. The molecule has 2 aromatic heterocycles. The lowest BCUT2D eigenvalue weighted by atomic mass is 10.00. The molecule has 6 nitrogen and oxygen atoms in total. The molecule has 0 saturated carbocycles. The Bertz CT molecular complexity index is 2230. The van der Waals surface area contributed by atoms with Crippen LogP contribution < -0.4 is 5.62 Å². The average Bonchev–Trinajstić information content (AvgIpc) is 3.12. The van der Waals surface area contributed by atoms with Crippen molar-refractivity contribution in [3.63, 3.8) is 0 Å². The summed E-state index contributed by atoms with van der Waals surface area (Å²) in [6.45, 7) is 0. The molecule has 226 valence electrons. The highest BCUT2D eigenvalue weighted by atomic mass is 35.5. The summed E-state index contributed by atoms with van der Waals surface area (Å²) in [5, 5.41) is 8.88. The second kappa shape index (κ2) is 13.3. The molecule has 2 N–H and O–H groups in total. The Morgan fingerprint density at radius 2 is 0.957 bits per heavy atom. The van der Waals surface area contributed by atoms with Gasteiger partial charge in [0.2, 0.25) is 5.62 Å². The maximum Gasteiger partial charge on any atom is 0.231 e. The van der Waals surface area contributed by atoms with Crippen LogP contribution in [0.3, 0.4) is 0 Å². The number of halogens is 2. The predicted octanol–water partition coefficient (Wildman–Crippen LogP) is 9.77. The molecule has 0 aliphatic rings.